The lowest BCUT2D eigenvalue weighted by molar-refractivity contribution is -0.119. The summed E-state index contributed by atoms with van der Waals surface area (Å²) in [6.07, 6.45) is 0. The summed E-state index contributed by atoms with van der Waals surface area (Å²) >= 11 is 0. The molecule has 0 fully saturated rings. The number of hydrogen-bond donors (Lipinski definition) is 1. The Morgan fingerprint density at radius 1 is 0.966 bits per heavy atom. The highest BCUT2D eigenvalue weighted by Crippen LogP contribution is 2.23. The van der Waals surface area contributed by atoms with Crippen LogP contribution in [0.25, 0.3) is 11.3 Å². The number of alkyl halides is 2. The molecule has 0 saturated carbocycles. The fourth-order valence-electron chi connectivity index (χ4n) is 2.34. The van der Waals surface area contributed by atoms with Gasteiger partial charge in [0.2, 0.25) is 5.76 Å². The number of halogens is 3. The first-order valence-corrected chi connectivity index (χ1v) is 8.28. The molecule has 150 valence electrons. The monoisotopic (exact) mass is 405 g/mol. The Balaban J connectivity index is 1.51. The predicted molar refractivity (Wildman–Crippen MR) is 96.1 cm³/mol. The highest BCUT2D eigenvalue weighted by Gasteiger charge is 2.15. The van der Waals surface area contributed by atoms with Gasteiger partial charge in [0.05, 0.1) is 0 Å². The smallest absolute Gasteiger partial charge is 0.387 e. The van der Waals surface area contributed by atoms with Crippen molar-refractivity contribution in [2.24, 2.45) is 0 Å². The molecule has 1 N–H and O–H groups in total. The maximum atomic E-state index is 13.0. The number of carbonyl (C=O) groups is 2. The highest BCUT2D eigenvalue weighted by atomic mass is 19.3. The van der Waals surface area contributed by atoms with Gasteiger partial charge >= 0.3 is 12.6 Å². The zero-order chi connectivity index (χ0) is 20.8. The Kier molecular flexibility index (Phi) is 6.18. The van der Waals surface area contributed by atoms with Gasteiger partial charge in [0.1, 0.15) is 17.3 Å². The van der Waals surface area contributed by atoms with Crippen molar-refractivity contribution in [2.45, 2.75) is 6.61 Å². The van der Waals surface area contributed by atoms with E-state index in [0.717, 1.165) is 0 Å². The van der Waals surface area contributed by atoms with Gasteiger partial charge in [-0.1, -0.05) is 0 Å². The maximum Gasteiger partial charge on any atom is 0.387 e. The topological polar surface area (TPSA) is 77.8 Å². The van der Waals surface area contributed by atoms with E-state index in [-0.39, 0.29) is 11.5 Å². The molecule has 0 aliphatic heterocycles. The van der Waals surface area contributed by atoms with E-state index in [1.54, 1.807) is 0 Å². The van der Waals surface area contributed by atoms with Crippen molar-refractivity contribution in [2.75, 3.05) is 11.9 Å². The summed E-state index contributed by atoms with van der Waals surface area (Å²) in [5, 5.41) is 2.44. The quantitative estimate of drug-likeness (QED) is 0.587. The summed E-state index contributed by atoms with van der Waals surface area (Å²) in [4.78, 5) is 23.9. The van der Waals surface area contributed by atoms with Gasteiger partial charge in [0, 0.05) is 11.3 Å². The number of anilines is 1. The lowest BCUT2D eigenvalue weighted by atomic mass is 10.2. The Morgan fingerprint density at radius 3 is 2.31 bits per heavy atom. The number of carbonyl (C=O) groups excluding carboxylic acids is 2. The minimum Gasteiger partial charge on any atom is -0.450 e. The fraction of sp³-hybridized carbons (Fsp3) is 0.100. The first-order valence-electron chi connectivity index (χ1n) is 8.28. The van der Waals surface area contributed by atoms with E-state index in [4.69, 9.17) is 9.15 Å². The van der Waals surface area contributed by atoms with Gasteiger partial charge in [0.15, 0.2) is 6.61 Å². The number of amides is 1. The molecule has 0 aliphatic carbocycles. The van der Waals surface area contributed by atoms with Gasteiger partial charge in [-0.3, -0.25) is 4.79 Å². The first-order chi connectivity index (χ1) is 13.9. The maximum absolute atomic E-state index is 13.0. The number of nitrogens with one attached hydrogen (secondary N) is 1. The molecule has 0 atom stereocenters. The Morgan fingerprint density at radius 2 is 1.66 bits per heavy atom. The molecule has 0 unspecified atom stereocenters. The molecule has 9 heteroatoms. The van der Waals surface area contributed by atoms with Gasteiger partial charge in [0.25, 0.3) is 5.91 Å². The molecule has 29 heavy (non-hydrogen) atoms. The lowest BCUT2D eigenvalue weighted by Crippen LogP contribution is -2.20. The predicted octanol–water partition coefficient (Wildman–Crippen LogP) is 4.48. The molecule has 6 nitrogen and oxygen atoms in total. The number of hydrogen-bond acceptors (Lipinski definition) is 5. The summed E-state index contributed by atoms with van der Waals surface area (Å²) in [7, 11) is 0. The molecule has 0 radical (unpaired) electrons. The highest BCUT2D eigenvalue weighted by molar-refractivity contribution is 5.94. The standard InChI is InChI=1S/C20H14F3NO5/c21-13-3-1-12(2-4-13)16-9-10-17(29-16)19(26)27-11-18(25)24-14-5-7-15(8-6-14)28-20(22)23/h1-10,20H,11H2,(H,24,25). The summed E-state index contributed by atoms with van der Waals surface area (Å²) in [5.41, 5.74) is 0.881. The number of furan rings is 1. The van der Waals surface area contributed by atoms with Crippen LogP contribution in [0.3, 0.4) is 0 Å². The second-order valence-corrected chi connectivity index (χ2v) is 5.70. The van der Waals surface area contributed by atoms with Crippen molar-refractivity contribution in [1.82, 2.24) is 0 Å². The second kappa shape index (κ2) is 8.96. The normalized spacial score (nSPS) is 10.6. The molecule has 0 aliphatic rings. The number of ether oxygens (including phenoxy) is 2. The van der Waals surface area contributed by atoms with E-state index in [9.17, 15) is 22.8 Å². The van der Waals surface area contributed by atoms with Gasteiger partial charge in [-0.25, -0.2) is 9.18 Å². The number of rotatable bonds is 7. The Labute approximate surface area is 162 Å². The summed E-state index contributed by atoms with van der Waals surface area (Å²) in [6.45, 7) is -3.53. The SMILES string of the molecule is O=C(COC(=O)c1ccc(-c2ccc(F)cc2)o1)Nc1ccc(OC(F)F)cc1. The van der Waals surface area contributed by atoms with E-state index in [0.29, 0.717) is 17.0 Å². The minimum atomic E-state index is -2.94. The lowest BCUT2D eigenvalue weighted by Gasteiger charge is -2.07. The van der Waals surface area contributed by atoms with Crippen LogP contribution in [0.4, 0.5) is 18.9 Å². The average Bonchev–Trinajstić information content (AvgIpc) is 3.18. The van der Waals surface area contributed by atoms with Crippen LogP contribution >= 0.6 is 0 Å². The van der Waals surface area contributed by atoms with Crippen molar-refractivity contribution in [1.29, 1.82) is 0 Å². The Bertz CT molecular complexity index is 984. The van der Waals surface area contributed by atoms with Crippen LogP contribution in [0.1, 0.15) is 10.6 Å². The molecule has 3 rings (SSSR count). The van der Waals surface area contributed by atoms with E-state index in [1.807, 2.05) is 0 Å². The zero-order valence-corrected chi connectivity index (χ0v) is 14.7. The fourth-order valence-corrected chi connectivity index (χ4v) is 2.34. The van der Waals surface area contributed by atoms with Crippen molar-refractivity contribution in [3.05, 3.63) is 72.2 Å². The summed E-state index contributed by atoms with van der Waals surface area (Å²) in [5.74, 6) is -1.72. The third-order valence-corrected chi connectivity index (χ3v) is 3.63. The Hall–Kier alpha value is -3.75. The molecule has 2 aromatic carbocycles. The van der Waals surface area contributed by atoms with Crippen molar-refractivity contribution in [3.63, 3.8) is 0 Å². The van der Waals surface area contributed by atoms with Gasteiger partial charge < -0.3 is 19.2 Å². The van der Waals surface area contributed by atoms with E-state index < -0.39 is 30.9 Å². The van der Waals surface area contributed by atoms with Crippen molar-refractivity contribution < 1.29 is 36.7 Å². The van der Waals surface area contributed by atoms with Gasteiger partial charge in [-0.2, -0.15) is 8.78 Å². The first kappa shape index (κ1) is 20.0. The van der Waals surface area contributed by atoms with Crippen LogP contribution in [0.5, 0.6) is 5.75 Å². The number of benzene rings is 2. The minimum absolute atomic E-state index is 0.0563. The molecule has 1 amide bonds. The van der Waals surface area contributed by atoms with Crippen LogP contribution in [-0.2, 0) is 9.53 Å². The zero-order valence-electron chi connectivity index (χ0n) is 14.7. The third kappa shape index (κ3) is 5.61. The van der Waals surface area contributed by atoms with Gasteiger partial charge in [-0.05, 0) is 60.7 Å². The molecule has 1 heterocycles. The molecule has 0 bridgehead atoms. The van der Waals surface area contributed by atoms with Crippen molar-refractivity contribution >= 4 is 17.6 Å². The van der Waals surface area contributed by atoms with Crippen LogP contribution in [0.2, 0.25) is 0 Å². The number of esters is 1. The summed E-state index contributed by atoms with van der Waals surface area (Å²) in [6, 6.07) is 13.6. The third-order valence-electron chi connectivity index (χ3n) is 3.63. The second-order valence-electron chi connectivity index (χ2n) is 5.70. The largest absolute Gasteiger partial charge is 0.450 e. The van der Waals surface area contributed by atoms with E-state index >= 15 is 0 Å². The van der Waals surface area contributed by atoms with Gasteiger partial charge in [-0.15, -0.1) is 0 Å². The van der Waals surface area contributed by atoms with Crippen LogP contribution in [-0.4, -0.2) is 25.1 Å². The van der Waals surface area contributed by atoms with Crippen LogP contribution in [0.15, 0.2) is 65.1 Å². The molecular weight excluding hydrogens is 391 g/mol. The van der Waals surface area contributed by atoms with Crippen LogP contribution < -0.4 is 10.1 Å². The molecular formula is C20H14F3NO5. The molecule has 3 aromatic rings. The molecule has 0 spiro atoms. The molecule has 0 saturated heterocycles. The van der Waals surface area contributed by atoms with Crippen molar-refractivity contribution in [3.8, 4) is 17.1 Å². The van der Waals surface area contributed by atoms with E-state index in [2.05, 4.69) is 10.1 Å². The van der Waals surface area contributed by atoms with E-state index in [1.165, 1.54) is 60.7 Å². The van der Waals surface area contributed by atoms with Crippen LogP contribution in [0, 0.1) is 5.82 Å². The average molecular weight is 405 g/mol. The molecule has 1 aromatic heterocycles. The summed E-state index contributed by atoms with van der Waals surface area (Å²) < 4.78 is 51.6.